The first-order chi connectivity index (χ1) is 15.4. The van der Waals surface area contributed by atoms with Crippen molar-refractivity contribution < 1.29 is 23.9 Å². The Balaban J connectivity index is 1.50. The molecular weight excluding hydrogens is 410 g/mol. The number of hydrogen-bond donors (Lipinski definition) is 2. The van der Waals surface area contributed by atoms with Crippen molar-refractivity contribution >= 4 is 29.7 Å². The molecular formula is C24H21N3O5. The second kappa shape index (κ2) is 10.5. The summed E-state index contributed by atoms with van der Waals surface area (Å²) in [5.41, 5.74) is 4.67. The van der Waals surface area contributed by atoms with Gasteiger partial charge in [-0.1, -0.05) is 12.1 Å². The van der Waals surface area contributed by atoms with Crippen molar-refractivity contribution in [2.24, 2.45) is 5.10 Å². The van der Waals surface area contributed by atoms with Gasteiger partial charge in [-0.15, -0.1) is 0 Å². The summed E-state index contributed by atoms with van der Waals surface area (Å²) in [6, 6.07) is 20.1. The number of ether oxygens (including phenoxy) is 2. The van der Waals surface area contributed by atoms with Crippen LogP contribution in [0.1, 0.15) is 21.5 Å². The monoisotopic (exact) mass is 431 g/mol. The molecule has 3 aromatic rings. The summed E-state index contributed by atoms with van der Waals surface area (Å²) < 4.78 is 10.4. The zero-order valence-corrected chi connectivity index (χ0v) is 17.5. The van der Waals surface area contributed by atoms with Crippen LogP contribution in [0.25, 0.3) is 0 Å². The molecule has 0 atom stereocenters. The van der Waals surface area contributed by atoms with Crippen LogP contribution in [0.15, 0.2) is 77.9 Å². The molecule has 0 saturated heterocycles. The van der Waals surface area contributed by atoms with Crippen LogP contribution >= 0.6 is 0 Å². The van der Waals surface area contributed by atoms with E-state index < -0.39 is 17.8 Å². The molecule has 0 spiro atoms. The fourth-order valence-electron chi connectivity index (χ4n) is 2.64. The number of nitrogens with one attached hydrogen (secondary N) is 2. The Morgan fingerprint density at radius 2 is 1.56 bits per heavy atom. The summed E-state index contributed by atoms with van der Waals surface area (Å²) in [7, 11) is 1.55. The molecule has 0 bridgehead atoms. The first-order valence-electron chi connectivity index (χ1n) is 9.62. The SMILES string of the molecule is COc1ccc(C(=O)Oc2ccc(/C=N\NC(=O)C(=O)Nc3cccc(C)c3)cc2)cc1. The summed E-state index contributed by atoms with van der Waals surface area (Å²) in [5, 5.41) is 6.27. The van der Waals surface area contributed by atoms with Gasteiger partial charge in [0.2, 0.25) is 0 Å². The molecule has 162 valence electrons. The van der Waals surface area contributed by atoms with E-state index in [0.29, 0.717) is 28.3 Å². The highest BCUT2D eigenvalue weighted by Crippen LogP contribution is 2.16. The molecule has 8 nitrogen and oxygen atoms in total. The Hall–Kier alpha value is -4.46. The number of nitrogens with zero attached hydrogens (tertiary/aromatic N) is 1. The lowest BCUT2D eigenvalue weighted by Crippen LogP contribution is -2.32. The number of hydrazone groups is 1. The zero-order chi connectivity index (χ0) is 22.9. The fraction of sp³-hybridized carbons (Fsp3) is 0.0833. The van der Waals surface area contributed by atoms with Gasteiger partial charge in [-0.25, -0.2) is 10.2 Å². The van der Waals surface area contributed by atoms with Crippen molar-refractivity contribution in [3.05, 3.63) is 89.5 Å². The molecule has 0 unspecified atom stereocenters. The summed E-state index contributed by atoms with van der Waals surface area (Å²) in [4.78, 5) is 36.0. The van der Waals surface area contributed by atoms with E-state index in [1.165, 1.54) is 6.21 Å². The molecule has 0 aliphatic heterocycles. The number of methoxy groups -OCH3 is 1. The molecule has 0 fully saturated rings. The Kier molecular flexibility index (Phi) is 7.32. The summed E-state index contributed by atoms with van der Waals surface area (Å²) >= 11 is 0. The quantitative estimate of drug-likeness (QED) is 0.205. The summed E-state index contributed by atoms with van der Waals surface area (Å²) in [5.74, 6) is -1.23. The van der Waals surface area contributed by atoms with E-state index in [1.54, 1.807) is 73.8 Å². The van der Waals surface area contributed by atoms with Gasteiger partial charge in [0, 0.05) is 5.69 Å². The van der Waals surface area contributed by atoms with Gasteiger partial charge in [0.05, 0.1) is 18.9 Å². The highest BCUT2D eigenvalue weighted by atomic mass is 16.5. The number of anilines is 1. The third-order valence-electron chi connectivity index (χ3n) is 4.28. The lowest BCUT2D eigenvalue weighted by molar-refractivity contribution is -0.136. The van der Waals surface area contributed by atoms with Gasteiger partial charge in [-0.05, 0) is 78.7 Å². The van der Waals surface area contributed by atoms with Crippen molar-refractivity contribution in [3.8, 4) is 11.5 Å². The van der Waals surface area contributed by atoms with Gasteiger partial charge in [0.25, 0.3) is 0 Å². The van der Waals surface area contributed by atoms with E-state index in [9.17, 15) is 14.4 Å². The number of carbonyl (C=O) groups is 3. The third-order valence-corrected chi connectivity index (χ3v) is 4.28. The van der Waals surface area contributed by atoms with Gasteiger partial charge in [-0.2, -0.15) is 5.10 Å². The van der Waals surface area contributed by atoms with E-state index in [0.717, 1.165) is 5.56 Å². The minimum Gasteiger partial charge on any atom is -0.497 e. The number of amides is 2. The number of benzene rings is 3. The maximum absolute atomic E-state index is 12.2. The van der Waals surface area contributed by atoms with Crippen LogP contribution in [-0.2, 0) is 9.59 Å². The highest BCUT2D eigenvalue weighted by molar-refractivity contribution is 6.39. The maximum atomic E-state index is 12.2. The van der Waals surface area contributed by atoms with Gasteiger partial charge < -0.3 is 14.8 Å². The molecule has 0 aromatic heterocycles. The van der Waals surface area contributed by atoms with Crippen molar-refractivity contribution in [1.82, 2.24) is 5.43 Å². The number of esters is 1. The predicted molar refractivity (Wildman–Crippen MR) is 120 cm³/mol. The van der Waals surface area contributed by atoms with Crippen LogP contribution in [0, 0.1) is 6.92 Å². The smallest absolute Gasteiger partial charge is 0.343 e. The standard InChI is InChI=1S/C24H21N3O5/c1-16-4-3-5-19(14-16)26-22(28)23(29)27-25-15-17-6-10-21(11-7-17)32-24(30)18-8-12-20(31-2)13-9-18/h3-15H,1-2H3,(H,26,28)(H,27,29)/b25-15-. The molecule has 3 aromatic carbocycles. The van der Waals surface area contributed by atoms with Crippen LogP contribution in [0.5, 0.6) is 11.5 Å². The number of carbonyl (C=O) groups excluding carboxylic acids is 3. The fourth-order valence-corrected chi connectivity index (χ4v) is 2.64. The van der Waals surface area contributed by atoms with Crippen molar-refractivity contribution in [3.63, 3.8) is 0 Å². The summed E-state index contributed by atoms with van der Waals surface area (Å²) in [6.45, 7) is 1.88. The number of rotatable bonds is 6. The van der Waals surface area contributed by atoms with Gasteiger partial charge in [-0.3, -0.25) is 9.59 Å². The molecule has 3 rings (SSSR count). The molecule has 0 aliphatic carbocycles. The topological polar surface area (TPSA) is 106 Å². The molecule has 0 radical (unpaired) electrons. The first kappa shape index (κ1) is 22.2. The Morgan fingerprint density at radius 3 is 2.22 bits per heavy atom. The van der Waals surface area contributed by atoms with Crippen LogP contribution < -0.4 is 20.2 Å². The van der Waals surface area contributed by atoms with E-state index >= 15 is 0 Å². The molecule has 2 N–H and O–H groups in total. The highest BCUT2D eigenvalue weighted by Gasteiger charge is 2.13. The molecule has 0 aliphatic rings. The summed E-state index contributed by atoms with van der Waals surface area (Å²) in [6.07, 6.45) is 1.37. The molecule has 2 amide bonds. The molecule has 0 heterocycles. The van der Waals surface area contributed by atoms with Crippen LogP contribution in [0.2, 0.25) is 0 Å². The number of aryl methyl sites for hydroxylation is 1. The normalized spacial score (nSPS) is 10.4. The van der Waals surface area contributed by atoms with Crippen molar-refractivity contribution in [2.75, 3.05) is 12.4 Å². The lowest BCUT2D eigenvalue weighted by Gasteiger charge is -2.06. The predicted octanol–water partition coefficient (Wildman–Crippen LogP) is 3.31. The second-order valence-corrected chi connectivity index (χ2v) is 6.71. The molecule has 0 saturated carbocycles. The van der Waals surface area contributed by atoms with Gasteiger partial charge >= 0.3 is 17.8 Å². The van der Waals surface area contributed by atoms with Gasteiger partial charge in [0.15, 0.2) is 0 Å². The van der Waals surface area contributed by atoms with Gasteiger partial charge in [0.1, 0.15) is 11.5 Å². The Labute approximate surface area is 184 Å². The first-order valence-corrected chi connectivity index (χ1v) is 9.62. The largest absolute Gasteiger partial charge is 0.497 e. The van der Waals surface area contributed by atoms with E-state index in [1.807, 2.05) is 13.0 Å². The van der Waals surface area contributed by atoms with Crippen molar-refractivity contribution in [1.29, 1.82) is 0 Å². The lowest BCUT2D eigenvalue weighted by atomic mass is 10.2. The third kappa shape index (κ3) is 6.27. The zero-order valence-electron chi connectivity index (χ0n) is 17.5. The minimum atomic E-state index is -0.896. The number of hydrogen-bond acceptors (Lipinski definition) is 6. The van der Waals surface area contributed by atoms with E-state index in [4.69, 9.17) is 9.47 Å². The van der Waals surface area contributed by atoms with Crippen LogP contribution in [-0.4, -0.2) is 31.1 Å². The average Bonchev–Trinajstić information content (AvgIpc) is 2.80. The minimum absolute atomic E-state index is 0.351. The van der Waals surface area contributed by atoms with Crippen LogP contribution in [0.4, 0.5) is 5.69 Å². The molecule has 8 heteroatoms. The van der Waals surface area contributed by atoms with Crippen molar-refractivity contribution in [2.45, 2.75) is 6.92 Å². The maximum Gasteiger partial charge on any atom is 0.343 e. The second-order valence-electron chi connectivity index (χ2n) is 6.71. The Morgan fingerprint density at radius 1 is 0.875 bits per heavy atom. The van der Waals surface area contributed by atoms with Crippen LogP contribution in [0.3, 0.4) is 0 Å². The average molecular weight is 431 g/mol. The molecule has 32 heavy (non-hydrogen) atoms. The Bertz CT molecular complexity index is 1140. The van der Waals surface area contributed by atoms with E-state index in [-0.39, 0.29) is 0 Å². The van der Waals surface area contributed by atoms with E-state index in [2.05, 4.69) is 15.8 Å².